The molecule has 0 spiro atoms. The van der Waals surface area contributed by atoms with Crippen molar-refractivity contribution in [1.29, 1.82) is 15.8 Å². The Morgan fingerprint density at radius 2 is 1.95 bits per heavy atom. The lowest BCUT2D eigenvalue weighted by Crippen LogP contribution is -2.02. The molecule has 0 aliphatic heterocycles. The van der Waals surface area contributed by atoms with Crippen molar-refractivity contribution in [2.75, 3.05) is 12.4 Å². The van der Waals surface area contributed by atoms with Crippen LogP contribution in [-0.2, 0) is 0 Å². The summed E-state index contributed by atoms with van der Waals surface area (Å²) in [6, 6.07) is 8.71. The first-order valence-electron chi connectivity index (χ1n) is 5.79. The molecule has 2 rings (SSSR count). The topological polar surface area (TPSA) is 106 Å². The number of aromatic nitrogens is 1. The zero-order chi connectivity index (χ0) is 15.4. The van der Waals surface area contributed by atoms with E-state index >= 15 is 0 Å². The minimum Gasteiger partial charge on any atom is -0.494 e. The molecule has 6 nitrogen and oxygen atoms in total. The van der Waals surface area contributed by atoms with Crippen LogP contribution >= 0.6 is 11.3 Å². The number of allylic oxidation sites excluding steroid dienone is 2. The smallest absolute Gasteiger partial charge is 0.163 e. The van der Waals surface area contributed by atoms with Crippen LogP contribution in [0, 0.1) is 40.9 Å². The van der Waals surface area contributed by atoms with Gasteiger partial charge in [-0.25, -0.2) is 4.98 Å². The van der Waals surface area contributed by atoms with Gasteiger partial charge in [-0.05, 0) is 13.0 Å². The molecule has 0 atom stereocenters. The molecular formula is C14H9N5OS. The largest absolute Gasteiger partial charge is 0.494 e. The molecule has 0 aliphatic carbocycles. The van der Waals surface area contributed by atoms with E-state index in [4.69, 9.17) is 20.5 Å². The molecule has 102 valence electrons. The van der Waals surface area contributed by atoms with E-state index in [0.29, 0.717) is 11.4 Å². The van der Waals surface area contributed by atoms with Crippen LogP contribution in [0.25, 0.3) is 10.2 Å². The van der Waals surface area contributed by atoms with Crippen LogP contribution in [0.3, 0.4) is 0 Å². The van der Waals surface area contributed by atoms with Gasteiger partial charge in [-0.2, -0.15) is 15.8 Å². The zero-order valence-electron chi connectivity index (χ0n) is 11.3. The molecule has 0 radical (unpaired) electrons. The second-order valence-corrected chi connectivity index (χ2v) is 5.20. The predicted molar refractivity (Wildman–Crippen MR) is 78.4 cm³/mol. The van der Waals surface area contributed by atoms with Crippen molar-refractivity contribution < 1.29 is 4.74 Å². The monoisotopic (exact) mass is 295 g/mol. The molecule has 1 aromatic heterocycles. The SMILES string of the molecule is COc1cc2nc(C)sc2cc1NC(C#N)=C(C#N)C#N. The van der Waals surface area contributed by atoms with Crippen LogP contribution < -0.4 is 10.1 Å². The number of methoxy groups -OCH3 is 1. The highest BCUT2D eigenvalue weighted by Crippen LogP contribution is 2.33. The molecule has 1 N–H and O–H groups in total. The van der Waals surface area contributed by atoms with E-state index < -0.39 is 0 Å². The fraction of sp³-hybridized carbons (Fsp3) is 0.143. The van der Waals surface area contributed by atoms with Gasteiger partial charge in [0, 0.05) is 6.07 Å². The molecule has 2 aromatic rings. The van der Waals surface area contributed by atoms with Gasteiger partial charge in [-0.15, -0.1) is 11.3 Å². The number of nitriles is 3. The first-order chi connectivity index (χ1) is 10.1. The summed E-state index contributed by atoms with van der Waals surface area (Å²) in [5.41, 5.74) is 0.912. The van der Waals surface area contributed by atoms with Crippen molar-refractivity contribution >= 4 is 27.2 Å². The number of ether oxygens (including phenoxy) is 1. The van der Waals surface area contributed by atoms with E-state index in [9.17, 15) is 0 Å². The maximum absolute atomic E-state index is 9.08. The summed E-state index contributed by atoms with van der Waals surface area (Å²) in [7, 11) is 1.50. The summed E-state index contributed by atoms with van der Waals surface area (Å²) in [6.07, 6.45) is 0. The van der Waals surface area contributed by atoms with Crippen molar-refractivity contribution in [1.82, 2.24) is 4.98 Å². The Hall–Kier alpha value is -3.08. The number of fused-ring (bicyclic) bond motifs is 1. The number of benzene rings is 1. The second-order valence-electron chi connectivity index (χ2n) is 3.96. The maximum atomic E-state index is 9.08. The molecule has 0 saturated carbocycles. The quantitative estimate of drug-likeness (QED) is 0.873. The molecular weight excluding hydrogens is 286 g/mol. The molecule has 0 fully saturated rings. The predicted octanol–water partition coefficient (Wildman–Crippen LogP) is 2.85. The van der Waals surface area contributed by atoms with E-state index in [1.165, 1.54) is 18.4 Å². The van der Waals surface area contributed by atoms with E-state index in [0.717, 1.165) is 15.2 Å². The first-order valence-corrected chi connectivity index (χ1v) is 6.61. The van der Waals surface area contributed by atoms with Gasteiger partial charge in [0.2, 0.25) is 0 Å². The Kier molecular flexibility index (Phi) is 4.04. The Balaban J connectivity index is 2.56. The van der Waals surface area contributed by atoms with Crippen LogP contribution in [0.1, 0.15) is 5.01 Å². The molecule has 0 unspecified atom stereocenters. The molecule has 0 bridgehead atoms. The number of aryl methyl sites for hydroxylation is 1. The van der Waals surface area contributed by atoms with Crippen molar-refractivity contribution in [3.8, 4) is 24.0 Å². The standard InChI is InChI=1S/C14H9N5OS/c1-8-18-11-3-13(20-2)10(4-14(11)21-8)19-12(7-17)9(5-15)6-16/h3-4,19H,1-2H3. The molecule has 1 heterocycles. The van der Waals surface area contributed by atoms with Crippen molar-refractivity contribution in [2.45, 2.75) is 6.92 Å². The fourth-order valence-corrected chi connectivity index (χ4v) is 2.60. The highest BCUT2D eigenvalue weighted by atomic mass is 32.1. The molecule has 0 amide bonds. The number of hydrogen-bond donors (Lipinski definition) is 1. The van der Waals surface area contributed by atoms with Crippen molar-refractivity contribution in [2.24, 2.45) is 0 Å². The van der Waals surface area contributed by atoms with Crippen molar-refractivity contribution in [3.05, 3.63) is 28.4 Å². The third-order valence-corrected chi connectivity index (χ3v) is 3.60. The number of nitrogens with zero attached hydrogens (tertiary/aromatic N) is 4. The average Bonchev–Trinajstić information content (AvgIpc) is 2.85. The lowest BCUT2D eigenvalue weighted by molar-refractivity contribution is 0.417. The summed E-state index contributed by atoms with van der Waals surface area (Å²) >= 11 is 1.50. The summed E-state index contributed by atoms with van der Waals surface area (Å²) in [6.45, 7) is 1.90. The Morgan fingerprint density at radius 3 is 2.52 bits per heavy atom. The van der Waals surface area contributed by atoms with Gasteiger partial charge in [0.15, 0.2) is 5.57 Å². The number of rotatable bonds is 3. The number of hydrogen-bond acceptors (Lipinski definition) is 7. The third kappa shape index (κ3) is 2.76. The summed E-state index contributed by atoms with van der Waals surface area (Å²) < 4.78 is 6.18. The van der Waals surface area contributed by atoms with Gasteiger partial charge >= 0.3 is 0 Å². The van der Waals surface area contributed by atoms with Gasteiger partial charge in [0.1, 0.15) is 29.7 Å². The van der Waals surface area contributed by atoms with Crippen LogP contribution in [0.15, 0.2) is 23.4 Å². The summed E-state index contributed by atoms with van der Waals surface area (Å²) in [5.74, 6) is 0.482. The lowest BCUT2D eigenvalue weighted by Gasteiger charge is -2.10. The van der Waals surface area contributed by atoms with E-state index in [2.05, 4.69) is 10.3 Å². The molecule has 0 aliphatic rings. The van der Waals surface area contributed by atoms with Gasteiger partial charge in [-0.1, -0.05) is 0 Å². The van der Waals surface area contributed by atoms with E-state index in [1.807, 2.05) is 13.0 Å². The number of thiazole rings is 1. The Labute approximate surface area is 125 Å². The molecule has 1 aromatic carbocycles. The molecule has 0 saturated heterocycles. The minimum atomic E-state index is -0.278. The minimum absolute atomic E-state index is 0.112. The molecule has 7 heteroatoms. The lowest BCUT2D eigenvalue weighted by atomic mass is 10.2. The van der Waals surface area contributed by atoms with Gasteiger partial charge < -0.3 is 10.1 Å². The van der Waals surface area contributed by atoms with Crippen LogP contribution in [-0.4, -0.2) is 12.1 Å². The highest BCUT2D eigenvalue weighted by Gasteiger charge is 2.12. The zero-order valence-corrected chi connectivity index (χ0v) is 12.1. The van der Waals surface area contributed by atoms with Gasteiger partial charge in [-0.3, -0.25) is 0 Å². The second kappa shape index (κ2) is 5.92. The van der Waals surface area contributed by atoms with E-state index in [1.54, 1.807) is 24.3 Å². The summed E-state index contributed by atoms with van der Waals surface area (Å²) in [5, 5.41) is 30.5. The van der Waals surface area contributed by atoms with Crippen LogP contribution in [0.2, 0.25) is 0 Å². The average molecular weight is 295 g/mol. The number of anilines is 1. The van der Waals surface area contributed by atoms with Gasteiger partial charge in [0.05, 0.1) is 28.0 Å². The first kappa shape index (κ1) is 14.3. The van der Waals surface area contributed by atoms with E-state index in [-0.39, 0.29) is 11.3 Å². The fourth-order valence-electron chi connectivity index (χ4n) is 1.75. The number of nitrogens with one attached hydrogen (secondary N) is 1. The van der Waals surface area contributed by atoms with Crippen LogP contribution in [0.4, 0.5) is 5.69 Å². The van der Waals surface area contributed by atoms with Crippen molar-refractivity contribution in [3.63, 3.8) is 0 Å². The maximum Gasteiger partial charge on any atom is 0.163 e. The highest BCUT2D eigenvalue weighted by molar-refractivity contribution is 7.18. The van der Waals surface area contributed by atoms with Crippen LogP contribution in [0.5, 0.6) is 5.75 Å². The normalized spacial score (nSPS) is 9.29. The van der Waals surface area contributed by atoms with Gasteiger partial charge in [0.25, 0.3) is 0 Å². The molecule has 21 heavy (non-hydrogen) atoms. The summed E-state index contributed by atoms with van der Waals surface area (Å²) in [4.78, 5) is 4.36. The Bertz CT molecular complexity index is 844. The third-order valence-electron chi connectivity index (χ3n) is 2.66. The Morgan fingerprint density at radius 1 is 1.24 bits per heavy atom.